The van der Waals surface area contributed by atoms with Crippen LogP contribution in [0.1, 0.15) is 87.7 Å². The second-order valence-electron chi connectivity index (χ2n) is 29.7. The molecule has 0 saturated heterocycles. The summed E-state index contributed by atoms with van der Waals surface area (Å²) in [4.78, 5) is 13.7. The number of aliphatic hydroxyl groups is 4. The lowest BCUT2D eigenvalue weighted by atomic mass is 9.65. The average molecular weight is 1540 g/mol. The van der Waals surface area contributed by atoms with E-state index in [-0.39, 0.29) is 31.8 Å². The second kappa shape index (κ2) is 35.1. The molecule has 584 valence electrons. The average Bonchev–Trinajstić information content (AvgIpc) is 0.625. The van der Waals surface area contributed by atoms with Crippen LogP contribution in [0.15, 0.2) is 315 Å². The first-order chi connectivity index (χ1) is 56.7. The first-order valence-electron chi connectivity index (χ1n) is 39.5. The van der Waals surface area contributed by atoms with Crippen molar-refractivity contribution < 1.29 is 39.4 Å². The van der Waals surface area contributed by atoms with Gasteiger partial charge in [-0.2, -0.15) is 0 Å². The summed E-state index contributed by atoms with van der Waals surface area (Å²) in [6.07, 6.45) is 5.33. The molecule has 0 heterocycles. The fourth-order valence-corrected chi connectivity index (χ4v) is 16.5. The van der Waals surface area contributed by atoms with Gasteiger partial charge in [-0.3, -0.25) is 0 Å². The molecule has 0 amide bonds. The molecule has 4 N–H and O–H groups in total. The fraction of sp³-hybridized carbons (Fsp3) is 0.176. The molecule has 1 saturated carbocycles. The van der Waals surface area contributed by atoms with E-state index in [1.54, 1.807) is 28.4 Å². The van der Waals surface area contributed by atoms with Crippen LogP contribution < -0.4 is 48.3 Å². The van der Waals surface area contributed by atoms with Gasteiger partial charge in [0.1, 0.15) is 23.0 Å². The Kier molecular flexibility index (Phi) is 23.7. The zero-order valence-corrected chi connectivity index (χ0v) is 67.0. The number of aryl methyl sites for hydroxylation is 4. The first-order valence-corrected chi connectivity index (χ1v) is 39.5. The standard InChI is InChI=1S/C102H98N6O8/c1-70-62-76(68-111)16-56-98(70)107(92-46-50-94(113-5)51-47-92)90-42-34-84(35-43-90)104(85-36-44-91(45-37-85)108(93-48-52-95(114-6)53-49-93)99-57-17-77(69-112)63-71(99)2)81-28-20-79(21-29-81)102(60-10-9-11-61-102)78-18-26-80(27-19-78)103(82-30-38-88(39-31-82)105(86-22-12-74(66-109)13-23-86)100-58-54-96(115-7)64-72(100)3)83-32-40-89(41-33-83)106(87-24-14-75(67-110)15-25-87)101-59-55-97(116-8)65-73(101)4/h12-59,62-65,109-112H,9-11,60-61,66-69H2,1-8H3. The van der Waals surface area contributed by atoms with Crippen molar-refractivity contribution in [1.29, 1.82) is 0 Å². The SMILES string of the molecule is COc1ccc(N(c2ccc(N(c3ccc(N(c4ccc(OC)cc4)c4ccc(CO)cc4C)cc3)c3ccc(C4(c5ccc(N(c6ccc(N(c7ccc(CO)cc7)c7ccc(OC)cc7C)cc6)c6ccc(N(c7ccc(CO)cc7)c7ccc(OC)cc7C)cc6)cc5)CCCCC4)cc3)cc2)c2ccc(CO)cc2C)cc1. The van der Waals surface area contributed by atoms with Gasteiger partial charge in [0.25, 0.3) is 0 Å². The summed E-state index contributed by atoms with van der Waals surface area (Å²) in [5, 5.41) is 40.6. The van der Waals surface area contributed by atoms with Crippen molar-refractivity contribution in [3.05, 3.63) is 371 Å². The predicted octanol–water partition coefficient (Wildman–Crippen LogP) is 25.0. The van der Waals surface area contributed by atoms with E-state index in [1.807, 2.05) is 84.9 Å². The minimum Gasteiger partial charge on any atom is -0.497 e. The zero-order valence-electron chi connectivity index (χ0n) is 67.0. The topological polar surface area (TPSA) is 137 Å². The maximum Gasteiger partial charge on any atom is 0.119 e. The summed E-state index contributed by atoms with van der Waals surface area (Å²) < 4.78 is 22.6. The van der Waals surface area contributed by atoms with Crippen LogP contribution in [0.25, 0.3) is 0 Å². The molecule has 15 rings (SSSR count). The third-order valence-electron chi connectivity index (χ3n) is 22.6. The van der Waals surface area contributed by atoms with Crippen LogP contribution in [0.3, 0.4) is 0 Å². The molecule has 0 atom stereocenters. The minimum atomic E-state index is -0.286. The maximum absolute atomic E-state index is 10.2. The van der Waals surface area contributed by atoms with E-state index in [0.29, 0.717) is 0 Å². The second-order valence-corrected chi connectivity index (χ2v) is 29.7. The van der Waals surface area contributed by atoms with Gasteiger partial charge in [0, 0.05) is 108 Å². The van der Waals surface area contributed by atoms with E-state index < -0.39 is 0 Å². The Labute approximate surface area is 681 Å². The molecular weight excluding hydrogens is 1440 g/mol. The van der Waals surface area contributed by atoms with Crippen LogP contribution in [-0.4, -0.2) is 48.9 Å². The summed E-state index contributed by atoms with van der Waals surface area (Å²) in [5.74, 6) is 3.09. The Morgan fingerprint density at radius 2 is 0.422 bits per heavy atom. The molecule has 14 aromatic carbocycles. The number of ether oxygens (including phenoxy) is 4. The number of rotatable bonds is 28. The van der Waals surface area contributed by atoms with E-state index in [4.69, 9.17) is 18.9 Å². The van der Waals surface area contributed by atoms with E-state index in [2.05, 4.69) is 288 Å². The Morgan fingerprint density at radius 3 is 0.655 bits per heavy atom. The summed E-state index contributed by atoms with van der Waals surface area (Å²) in [6, 6.07) is 111. The summed E-state index contributed by atoms with van der Waals surface area (Å²) in [7, 11) is 6.74. The lowest BCUT2D eigenvalue weighted by Gasteiger charge is -2.39. The van der Waals surface area contributed by atoms with Gasteiger partial charge in [-0.25, -0.2) is 0 Å². The first kappa shape index (κ1) is 78.2. The molecule has 1 aliphatic rings. The number of nitrogens with zero attached hydrogens (tertiary/aromatic N) is 6. The highest BCUT2D eigenvalue weighted by Gasteiger charge is 2.37. The quantitative estimate of drug-likeness (QED) is 0.0370. The Balaban J connectivity index is 0.820. The van der Waals surface area contributed by atoms with E-state index in [1.165, 1.54) is 11.1 Å². The van der Waals surface area contributed by atoms with Crippen LogP contribution in [0.4, 0.5) is 102 Å². The van der Waals surface area contributed by atoms with Crippen molar-refractivity contribution in [1.82, 2.24) is 0 Å². The van der Waals surface area contributed by atoms with Gasteiger partial charge in [0.15, 0.2) is 0 Å². The van der Waals surface area contributed by atoms with Crippen molar-refractivity contribution in [2.75, 3.05) is 57.8 Å². The smallest absolute Gasteiger partial charge is 0.119 e. The van der Waals surface area contributed by atoms with Crippen molar-refractivity contribution in [2.24, 2.45) is 0 Å². The van der Waals surface area contributed by atoms with Crippen LogP contribution in [0.5, 0.6) is 23.0 Å². The van der Waals surface area contributed by atoms with Crippen LogP contribution in [-0.2, 0) is 31.8 Å². The third-order valence-corrected chi connectivity index (χ3v) is 22.6. The van der Waals surface area contributed by atoms with Gasteiger partial charge in [-0.05, 0) is 339 Å². The molecule has 0 unspecified atom stereocenters. The molecule has 0 bridgehead atoms. The number of anilines is 18. The zero-order chi connectivity index (χ0) is 80.4. The highest BCUT2D eigenvalue weighted by atomic mass is 16.5. The number of hydrogen-bond donors (Lipinski definition) is 4. The van der Waals surface area contributed by atoms with Crippen molar-refractivity contribution in [3.8, 4) is 23.0 Å². The number of hydrogen-bond acceptors (Lipinski definition) is 14. The molecular formula is C102H98N6O8. The molecule has 116 heavy (non-hydrogen) atoms. The fourth-order valence-electron chi connectivity index (χ4n) is 16.5. The molecule has 1 aliphatic carbocycles. The van der Waals surface area contributed by atoms with Gasteiger partial charge in [-0.1, -0.05) is 92.1 Å². The maximum atomic E-state index is 10.2. The Hall–Kier alpha value is -13.1. The van der Waals surface area contributed by atoms with Gasteiger partial charge >= 0.3 is 0 Å². The molecule has 0 radical (unpaired) electrons. The normalized spacial score (nSPS) is 12.3. The molecule has 0 aliphatic heterocycles. The Bertz CT molecular complexity index is 5000. The van der Waals surface area contributed by atoms with Crippen molar-refractivity contribution in [3.63, 3.8) is 0 Å². The van der Waals surface area contributed by atoms with Gasteiger partial charge in [0.05, 0.1) is 54.9 Å². The molecule has 14 heteroatoms. The highest BCUT2D eigenvalue weighted by molar-refractivity contribution is 5.88. The third kappa shape index (κ3) is 16.3. The molecule has 0 aromatic heterocycles. The van der Waals surface area contributed by atoms with E-state index >= 15 is 0 Å². The molecule has 1 fully saturated rings. The van der Waals surface area contributed by atoms with E-state index in [0.717, 1.165) is 202 Å². The lowest BCUT2D eigenvalue weighted by molar-refractivity contribution is 0.281. The molecule has 0 spiro atoms. The molecule has 14 nitrogen and oxygen atoms in total. The molecule has 14 aromatic rings. The van der Waals surface area contributed by atoms with Crippen LogP contribution in [0.2, 0.25) is 0 Å². The van der Waals surface area contributed by atoms with Gasteiger partial charge in [-0.15, -0.1) is 0 Å². The largest absolute Gasteiger partial charge is 0.497 e. The summed E-state index contributed by atoms with van der Waals surface area (Å²) in [6.45, 7) is 8.17. The lowest BCUT2D eigenvalue weighted by Crippen LogP contribution is -2.30. The van der Waals surface area contributed by atoms with Gasteiger partial charge in [0.2, 0.25) is 0 Å². The monoisotopic (exact) mass is 1530 g/mol. The highest BCUT2D eigenvalue weighted by Crippen LogP contribution is 2.51. The number of aliphatic hydroxyl groups excluding tert-OH is 4. The minimum absolute atomic E-state index is 0.0497. The number of methoxy groups -OCH3 is 4. The van der Waals surface area contributed by atoms with Crippen LogP contribution >= 0.6 is 0 Å². The van der Waals surface area contributed by atoms with Gasteiger partial charge < -0.3 is 68.8 Å². The summed E-state index contributed by atoms with van der Waals surface area (Å²) in [5.41, 5.74) is 27.2. The van der Waals surface area contributed by atoms with Crippen LogP contribution in [0, 0.1) is 27.7 Å². The predicted molar refractivity (Wildman–Crippen MR) is 474 cm³/mol. The Morgan fingerprint density at radius 1 is 0.224 bits per heavy atom. The summed E-state index contributed by atoms with van der Waals surface area (Å²) >= 11 is 0. The van der Waals surface area contributed by atoms with Crippen molar-refractivity contribution in [2.45, 2.75) is 91.6 Å². The van der Waals surface area contributed by atoms with E-state index in [9.17, 15) is 20.4 Å². The van der Waals surface area contributed by atoms with Crippen molar-refractivity contribution >= 4 is 102 Å². The number of benzene rings is 14.